The van der Waals surface area contributed by atoms with Crippen LogP contribution in [0.4, 0.5) is 14.9 Å². The fourth-order valence-electron chi connectivity index (χ4n) is 3.08. The number of aliphatic hydroxyl groups is 1. The Bertz CT molecular complexity index is 1020. The van der Waals surface area contributed by atoms with Gasteiger partial charge in [0, 0.05) is 23.9 Å². The topological polar surface area (TPSA) is 132 Å². The lowest BCUT2D eigenvalue weighted by Crippen LogP contribution is -2.25. The van der Waals surface area contributed by atoms with E-state index in [1.807, 2.05) is 0 Å². The molecule has 11 heteroatoms. The quantitative estimate of drug-likeness (QED) is 0.622. The molecule has 0 spiro atoms. The summed E-state index contributed by atoms with van der Waals surface area (Å²) in [6, 6.07) is 7.86. The molecule has 3 N–H and O–H groups in total. The summed E-state index contributed by atoms with van der Waals surface area (Å²) in [6.07, 6.45) is 0.302. The lowest BCUT2D eigenvalue weighted by Gasteiger charge is -2.14. The van der Waals surface area contributed by atoms with E-state index < -0.39 is 18.0 Å². The van der Waals surface area contributed by atoms with Gasteiger partial charge in [-0.05, 0) is 34.7 Å². The van der Waals surface area contributed by atoms with Crippen LogP contribution >= 0.6 is 0 Å². The molecule has 1 saturated heterocycles. The minimum Gasteiger partial charge on any atom is -0.441 e. The number of benzene rings is 1. The normalized spacial score (nSPS) is 16.3. The van der Waals surface area contributed by atoms with E-state index in [9.17, 15) is 9.18 Å². The molecular formula is C18H18FN7O3. The summed E-state index contributed by atoms with van der Waals surface area (Å²) in [4.78, 5) is 17.5. The molecule has 1 aliphatic rings. The zero-order valence-electron chi connectivity index (χ0n) is 15.3. The number of aromatic nitrogens is 5. The Morgan fingerprint density at radius 1 is 1.31 bits per heavy atom. The number of amides is 1. The van der Waals surface area contributed by atoms with Crippen LogP contribution in [-0.2, 0) is 11.3 Å². The molecule has 1 fully saturated rings. The zero-order valence-corrected chi connectivity index (χ0v) is 15.3. The van der Waals surface area contributed by atoms with Crippen LogP contribution in [0.1, 0.15) is 0 Å². The Hall–Kier alpha value is -3.44. The van der Waals surface area contributed by atoms with Gasteiger partial charge in [-0.2, -0.15) is 0 Å². The first-order valence-electron chi connectivity index (χ1n) is 8.92. The van der Waals surface area contributed by atoms with E-state index in [1.165, 1.54) is 17.2 Å². The Morgan fingerprint density at radius 3 is 2.83 bits per heavy atom. The number of aliphatic hydroxyl groups excluding tert-OH is 1. The number of cyclic esters (lactones) is 1. The lowest BCUT2D eigenvalue weighted by molar-refractivity contribution is 0.0963. The summed E-state index contributed by atoms with van der Waals surface area (Å²) in [6.45, 7) is 0.729. The van der Waals surface area contributed by atoms with Gasteiger partial charge in [0.2, 0.25) is 5.82 Å². The maximum absolute atomic E-state index is 14.7. The maximum Gasteiger partial charge on any atom is 0.414 e. The molecular weight excluding hydrogens is 381 g/mol. The highest BCUT2D eigenvalue weighted by molar-refractivity contribution is 5.90. The average Bonchev–Trinajstić information content (AvgIpc) is 3.35. The number of rotatable bonds is 6. The Morgan fingerprint density at radius 2 is 2.17 bits per heavy atom. The van der Waals surface area contributed by atoms with Crippen LogP contribution in [0.3, 0.4) is 0 Å². The average molecular weight is 399 g/mol. The van der Waals surface area contributed by atoms with Gasteiger partial charge in [-0.25, -0.2) is 13.9 Å². The second-order valence-electron chi connectivity index (χ2n) is 6.41. The second kappa shape index (κ2) is 7.89. The van der Waals surface area contributed by atoms with Crippen LogP contribution in [0.2, 0.25) is 0 Å². The minimum absolute atomic E-state index is 0.169. The molecule has 1 amide bonds. The smallest absolute Gasteiger partial charge is 0.414 e. The fraction of sp³-hybridized carbons (Fsp3) is 0.278. The third kappa shape index (κ3) is 3.65. The zero-order chi connectivity index (χ0) is 20.4. The van der Waals surface area contributed by atoms with Gasteiger partial charge in [0.15, 0.2) is 0 Å². The van der Waals surface area contributed by atoms with Crippen molar-refractivity contribution < 1.29 is 19.0 Å². The summed E-state index contributed by atoms with van der Waals surface area (Å²) in [5.74, 6) is -0.0333. The number of carbonyl (C=O) groups excluding carboxylic acids is 1. The number of halogens is 1. The molecule has 1 atom stereocenters. The molecule has 3 aromatic rings. The molecule has 0 unspecified atom stereocenters. The van der Waals surface area contributed by atoms with Gasteiger partial charge in [0.25, 0.3) is 0 Å². The highest BCUT2D eigenvalue weighted by Gasteiger charge is 2.32. The van der Waals surface area contributed by atoms with Crippen LogP contribution < -0.4 is 10.6 Å². The molecule has 2 aromatic heterocycles. The van der Waals surface area contributed by atoms with E-state index >= 15 is 0 Å². The van der Waals surface area contributed by atoms with Crippen molar-refractivity contribution in [3.63, 3.8) is 0 Å². The molecule has 10 nitrogen and oxygen atoms in total. The van der Waals surface area contributed by atoms with Gasteiger partial charge in [0.1, 0.15) is 17.6 Å². The number of carbonyl (C=O) groups is 1. The van der Waals surface area contributed by atoms with Gasteiger partial charge in [-0.1, -0.05) is 6.07 Å². The molecule has 4 rings (SSSR count). The summed E-state index contributed by atoms with van der Waals surface area (Å²) < 4.78 is 21.3. The lowest BCUT2D eigenvalue weighted by atomic mass is 10.1. The number of tetrazole rings is 1. The van der Waals surface area contributed by atoms with Crippen LogP contribution in [0.5, 0.6) is 0 Å². The summed E-state index contributed by atoms with van der Waals surface area (Å²) >= 11 is 0. The minimum atomic E-state index is -0.614. The molecule has 1 aliphatic heterocycles. The highest BCUT2D eigenvalue weighted by Crippen LogP contribution is 2.29. The predicted octanol–water partition coefficient (Wildman–Crippen LogP) is 0.817. The van der Waals surface area contributed by atoms with Gasteiger partial charge in [-0.3, -0.25) is 9.88 Å². The highest BCUT2D eigenvalue weighted by atomic mass is 19.1. The Labute approximate surface area is 164 Å². The van der Waals surface area contributed by atoms with E-state index in [2.05, 4.69) is 20.5 Å². The standard InChI is InChI=1S/C18H18FN7O3/c19-15-7-12(25-9-13(10-27)29-18(25)28)2-3-14(15)11-1-4-16(21-8-11)17-22-23-24-26(17)6-5-20/h1-4,7-8,13,27H,5-6,9-10,20H2/t13-/m1/s1. The molecule has 0 aliphatic carbocycles. The Balaban J connectivity index is 1.57. The van der Waals surface area contributed by atoms with Crippen molar-refractivity contribution in [1.82, 2.24) is 25.2 Å². The number of ether oxygens (including phenoxy) is 1. The van der Waals surface area contributed by atoms with Crippen molar-refractivity contribution in [1.29, 1.82) is 0 Å². The fourth-order valence-corrected chi connectivity index (χ4v) is 3.08. The van der Waals surface area contributed by atoms with Crippen molar-refractivity contribution in [2.24, 2.45) is 5.73 Å². The summed E-state index contributed by atoms with van der Waals surface area (Å²) in [7, 11) is 0. The number of nitrogens with zero attached hydrogens (tertiary/aromatic N) is 6. The third-order valence-corrected chi connectivity index (χ3v) is 4.52. The number of pyridine rings is 1. The molecule has 150 valence electrons. The van der Waals surface area contributed by atoms with E-state index in [1.54, 1.807) is 28.9 Å². The van der Waals surface area contributed by atoms with E-state index in [0.29, 0.717) is 41.4 Å². The molecule has 29 heavy (non-hydrogen) atoms. The monoisotopic (exact) mass is 399 g/mol. The number of nitrogens with two attached hydrogens (primary N) is 1. The van der Waals surface area contributed by atoms with E-state index in [0.717, 1.165) is 0 Å². The van der Waals surface area contributed by atoms with Gasteiger partial charge < -0.3 is 15.6 Å². The van der Waals surface area contributed by atoms with E-state index in [-0.39, 0.29) is 13.2 Å². The number of hydrogen-bond donors (Lipinski definition) is 2. The van der Waals surface area contributed by atoms with Crippen molar-refractivity contribution in [2.75, 3.05) is 24.6 Å². The first-order valence-corrected chi connectivity index (χ1v) is 8.92. The maximum atomic E-state index is 14.7. The van der Waals surface area contributed by atoms with Crippen LogP contribution in [0.25, 0.3) is 22.6 Å². The largest absolute Gasteiger partial charge is 0.441 e. The molecule has 0 radical (unpaired) electrons. The van der Waals surface area contributed by atoms with Crippen LogP contribution in [0.15, 0.2) is 36.5 Å². The first kappa shape index (κ1) is 18.9. The molecule has 0 saturated carbocycles. The molecule has 1 aromatic carbocycles. The molecule has 3 heterocycles. The van der Waals surface area contributed by atoms with Crippen LogP contribution in [0, 0.1) is 5.82 Å². The van der Waals surface area contributed by atoms with Crippen molar-refractivity contribution in [3.8, 4) is 22.6 Å². The summed E-state index contributed by atoms with van der Waals surface area (Å²) in [5.41, 5.74) is 7.34. The summed E-state index contributed by atoms with van der Waals surface area (Å²) in [5, 5.41) is 20.6. The van der Waals surface area contributed by atoms with Crippen LogP contribution in [-0.4, -0.2) is 62.2 Å². The first-order chi connectivity index (χ1) is 14.1. The number of hydrogen-bond acceptors (Lipinski definition) is 8. The van der Waals surface area contributed by atoms with Gasteiger partial charge >= 0.3 is 6.09 Å². The van der Waals surface area contributed by atoms with Gasteiger partial charge in [0.05, 0.1) is 25.4 Å². The van der Waals surface area contributed by atoms with E-state index in [4.69, 9.17) is 15.6 Å². The molecule has 0 bridgehead atoms. The Kier molecular flexibility index (Phi) is 5.14. The third-order valence-electron chi connectivity index (χ3n) is 4.52. The SMILES string of the molecule is NCCn1nnnc1-c1ccc(-c2ccc(N3C[C@H](CO)OC3=O)cc2F)cn1. The number of anilines is 1. The van der Waals surface area contributed by atoms with Gasteiger partial charge in [-0.15, -0.1) is 5.10 Å². The predicted molar refractivity (Wildman–Crippen MR) is 100 cm³/mol. The van der Waals surface area contributed by atoms with Crippen molar-refractivity contribution >= 4 is 11.8 Å². The van der Waals surface area contributed by atoms with Crippen molar-refractivity contribution in [2.45, 2.75) is 12.6 Å². The van der Waals surface area contributed by atoms with Crippen molar-refractivity contribution in [3.05, 3.63) is 42.3 Å². The second-order valence-corrected chi connectivity index (χ2v) is 6.41.